The molecule has 4 heteroatoms. The zero-order valence-corrected chi connectivity index (χ0v) is 12.8. The van der Waals surface area contributed by atoms with E-state index in [1.807, 2.05) is 42.3 Å². The number of hydrogen-bond donors (Lipinski definition) is 0. The van der Waals surface area contributed by atoms with Gasteiger partial charge >= 0.3 is 0 Å². The summed E-state index contributed by atoms with van der Waals surface area (Å²) in [5.41, 5.74) is 2.32. The van der Waals surface area contributed by atoms with Crippen molar-refractivity contribution >= 4 is 17.7 Å². The van der Waals surface area contributed by atoms with Crippen molar-refractivity contribution in [3.63, 3.8) is 0 Å². The second kappa shape index (κ2) is 6.31. The fraction of sp³-hybridized carbons (Fsp3) is 0.294. The van der Waals surface area contributed by atoms with Crippen molar-refractivity contribution in [3.8, 4) is 0 Å². The average molecular weight is 298 g/mol. The Kier molecular flexibility index (Phi) is 4.25. The Morgan fingerprint density at radius 2 is 2.10 bits per heavy atom. The van der Waals surface area contributed by atoms with E-state index in [0.29, 0.717) is 6.54 Å². The number of thioether (sulfide) groups is 1. The lowest BCUT2D eigenvalue weighted by Crippen LogP contribution is -2.36. The fourth-order valence-corrected chi connectivity index (χ4v) is 3.81. The molecule has 3 rings (SSSR count). The first kappa shape index (κ1) is 14.1. The summed E-state index contributed by atoms with van der Waals surface area (Å²) in [6.45, 7) is 0.712. The van der Waals surface area contributed by atoms with Crippen LogP contribution in [0.15, 0.2) is 53.6 Å². The van der Waals surface area contributed by atoms with Crippen molar-refractivity contribution in [3.05, 3.63) is 59.9 Å². The molecule has 0 saturated heterocycles. The van der Waals surface area contributed by atoms with Gasteiger partial charge in [-0.3, -0.25) is 9.78 Å². The lowest BCUT2D eigenvalue weighted by Gasteiger charge is -2.20. The Labute approximate surface area is 129 Å². The number of benzene rings is 1. The molecule has 1 atom stereocenters. The van der Waals surface area contributed by atoms with Gasteiger partial charge in [0.15, 0.2) is 0 Å². The monoisotopic (exact) mass is 298 g/mol. The van der Waals surface area contributed by atoms with Crippen LogP contribution in [0.5, 0.6) is 0 Å². The highest BCUT2D eigenvalue weighted by molar-refractivity contribution is 8.01. The molecular formula is C17H18N2OS. The van der Waals surface area contributed by atoms with E-state index in [9.17, 15) is 4.79 Å². The van der Waals surface area contributed by atoms with Gasteiger partial charge in [0, 0.05) is 36.8 Å². The quantitative estimate of drug-likeness (QED) is 0.870. The highest BCUT2D eigenvalue weighted by atomic mass is 32.2. The first-order chi connectivity index (χ1) is 10.2. The van der Waals surface area contributed by atoms with Crippen LogP contribution in [0.4, 0.5) is 0 Å². The third-order valence-corrected chi connectivity index (χ3v) is 5.03. The van der Waals surface area contributed by atoms with Crippen LogP contribution in [0.1, 0.15) is 11.3 Å². The van der Waals surface area contributed by atoms with Gasteiger partial charge in [-0.1, -0.05) is 24.3 Å². The highest BCUT2D eigenvalue weighted by Gasteiger charge is 2.29. The van der Waals surface area contributed by atoms with Crippen molar-refractivity contribution in [2.24, 2.45) is 0 Å². The van der Waals surface area contributed by atoms with Crippen LogP contribution in [-0.4, -0.2) is 34.6 Å². The van der Waals surface area contributed by atoms with E-state index in [1.165, 1.54) is 10.5 Å². The summed E-state index contributed by atoms with van der Waals surface area (Å²) in [7, 11) is 1.88. The van der Waals surface area contributed by atoms with Gasteiger partial charge in [-0.2, -0.15) is 0 Å². The predicted molar refractivity (Wildman–Crippen MR) is 85.4 cm³/mol. The van der Waals surface area contributed by atoms with Gasteiger partial charge in [0.1, 0.15) is 0 Å². The predicted octanol–water partition coefficient (Wildman–Crippen LogP) is 2.80. The number of pyridine rings is 1. The van der Waals surface area contributed by atoms with Crippen molar-refractivity contribution in [2.75, 3.05) is 13.6 Å². The molecule has 0 spiro atoms. The van der Waals surface area contributed by atoms with E-state index in [1.54, 1.807) is 18.0 Å². The summed E-state index contributed by atoms with van der Waals surface area (Å²) in [5.74, 6) is 0.215. The van der Waals surface area contributed by atoms with Crippen LogP contribution in [0, 0.1) is 0 Å². The smallest absolute Gasteiger partial charge is 0.236 e. The molecule has 2 aromatic rings. The second-order valence-corrected chi connectivity index (χ2v) is 6.49. The molecule has 108 valence electrons. The molecule has 1 aromatic heterocycles. The number of aromatic nitrogens is 1. The van der Waals surface area contributed by atoms with Crippen LogP contribution in [0.2, 0.25) is 0 Å². The number of carbonyl (C=O) groups is 1. The molecule has 0 bridgehead atoms. The van der Waals surface area contributed by atoms with E-state index in [2.05, 4.69) is 17.1 Å². The van der Waals surface area contributed by atoms with Crippen molar-refractivity contribution < 1.29 is 4.79 Å². The van der Waals surface area contributed by atoms with Crippen LogP contribution < -0.4 is 0 Å². The van der Waals surface area contributed by atoms with Crippen molar-refractivity contribution in [2.45, 2.75) is 23.0 Å². The molecule has 1 aromatic carbocycles. The third kappa shape index (κ3) is 3.27. The molecule has 0 aliphatic carbocycles. The molecular weight excluding hydrogens is 280 g/mol. The molecule has 1 unspecified atom stereocenters. The molecule has 1 amide bonds. The van der Waals surface area contributed by atoms with E-state index in [4.69, 9.17) is 0 Å². The summed E-state index contributed by atoms with van der Waals surface area (Å²) in [4.78, 5) is 19.9. The van der Waals surface area contributed by atoms with Crippen LogP contribution >= 0.6 is 11.8 Å². The SMILES string of the molecule is CN(CCc1ccccn1)C(=O)C1Cc2ccccc2S1. The molecule has 1 aliphatic rings. The van der Waals surface area contributed by atoms with Crippen LogP contribution in [0.3, 0.4) is 0 Å². The minimum Gasteiger partial charge on any atom is -0.344 e. The first-order valence-electron chi connectivity index (χ1n) is 7.13. The molecule has 0 saturated carbocycles. The number of fused-ring (bicyclic) bond motifs is 1. The molecule has 1 aliphatic heterocycles. The number of amides is 1. The second-order valence-electron chi connectivity index (χ2n) is 5.25. The Hall–Kier alpha value is -1.81. The Balaban J connectivity index is 1.56. The number of rotatable bonds is 4. The Bertz CT molecular complexity index is 605. The molecule has 0 fully saturated rings. The molecule has 2 heterocycles. The summed E-state index contributed by atoms with van der Waals surface area (Å²) in [6.07, 6.45) is 3.43. The molecule has 21 heavy (non-hydrogen) atoms. The largest absolute Gasteiger partial charge is 0.344 e. The summed E-state index contributed by atoms with van der Waals surface area (Å²) < 4.78 is 0. The normalized spacial score (nSPS) is 16.5. The van der Waals surface area contributed by atoms with E-state index in [-0.39, 0.29) is 11.2 Å². The number of carbonyl (C=O) groups excluding carboxylic acids is 1. The summed E-state index contributed by atoms with van der Waals surface area (Å²) in [5, 5.41) is 0.0242. The fourth-order valence-electron chi connectivity index (χ4n) is 2.50. The third-order valence-electron chi connectivity index (χ3n) is 3.73. The lowest BCUT2D eigenvalue weighted by molar-refractivity contribution is -0.129. The number of likely N-dealkylation sites (N-methyl/N-ethyl adjacent to an activating group) is 1. The van der Waals surface area contributed by atoms with E-state index >= 15 is 0 Å². The van der Waals surface area contributed by atoms with E-state index < -0.39 is 0 Å². The van der Waals surface area contributed by atoms with Crippen LogP contribution in [0.25, 0.3) is 0 Å². The number of hydrogen-bond acceptors (Lipinski definition) is 3. The van der Waals surface area contributed by atoms with Gasteiger partial charge in [0.25, 0.3) is 0 Å². The minimum absolute atomic E-state index is 0.0242. The zero-order valence-electron chi connectivity index (χ0n) is 12.0. The maximum absolute atomic E-state index is 12.5. The number of nitrogens with zero attached hydrogens (tertiary/aromatic N) is 2. The molecule has 3 nitrogen and oxygen atoms in total. The Morgan fingerprint density at radius 3 is 2.86 bits per heavy atom. The topological polar surface area (TPSA) is 33.2 Å². The van der Waals surface area contributed by atoms with Gasteiger partial charge in [0.2, 0.25) is 5.91 Å². The lowest BCUT2D eigenvalue weighted by atomic mass is 10.1. The maximum atomic E-state index is 12.5. The van der Waals surface area contributed by atoms with E-state index in [0.717, 1.165) is 18.5 Å². The first-order valence-corrected chi connectivity index (χ1v) is 8.01. The zero-order chi connectivity index (χ0) is 14.7. The van der Waals surface area contributed by atoms with Crippen LogP contribution in [-0.2, 0) is 17.6 Å². The van der Waals surface area contributed by atoms with Gasteiger partial charge in [0.05, 0.1) is 5.25 Å². The summed E-state index contributed by atoms with van der Waals surface area (Å²) >= 11 is 1.69. The Morgan fingerprint density at radius 1 is 1.29 bits per heavy atom. The van der Waals surface area contributed by atoms with Gasteiger partial charge in [-0.05, 0) is 30.2 Å². The standard InChI is InChI=1S/C17H18N2OS/c1-19(11-9-14-7-4-5-10-18-14)17(20)16-12-13-6-2-3-8-15(13)21-16/h2-8,10,16H,9,11-12H2,1H3. The van der Waals surface area contributed by atoms with Gasteiger partial charge in [-0.15, -0.1) is 11.8 Å². The van der Waals surface area contributed by atoms with Crippen molar-refractivity contribution in [1.82, 2.24) is 9.88 Å². The maximum Gasteiger partial charge on any atom is 0.236 e. The van der Waals surface area contributed by atoms with Gasteiger partial charge in [-0.25, -0.2) is 0 Å². The highest BCUT2D eigenvalue weighted by Crippen LogP contribution is 2.37. The molecule has 0 N–H and O–H groups in total. The molecule has 0 radical (unpaired) electrons. The van der Waals surface area contributed by atoms with Gasteiger partial charge < -0.3 is 4.90 Å². The minimum atomic E-state index is 0.0242. The van der Waals surface area contributed by atoms with Crippen molar-refractivity contribution in [1.29, 1.82) is 0 Å². The average Bonchev–Trinajstić information content (AvgIpc) is 2.97. The summed E-state index contributed by atoms with van der Waals surface area (Å²) in [6, 6.07) is 14.2.